The molecule has 17 heavy (non-hydrogen) atoms. The molecule has 1 amide bonds. The predicted molar refractivity (Wildman–Crippen MR) is 61.2 cm³/mol. The lowest BCUT2D eigenvalue weighted by Crippen LogP contribution is -2.13. The van der Waals surface area contributed by atoms with Crippen molar-refractivity contribution in [3.05, 3.63) is 24.3 Å². The van der Waals surface area contributed by atoms with Gasteiger partial charge in [0.25, 0.3) is 0 Å². The van der Waals surface area contributed by atoms with Crippen LogP contribution in [0.5, 0.6) is 5.75 Å². The Hall–Kier alpha value is -1.65. The van der Waals surface area contributed by atoms with Crippen LogP contribution in [-0.2, 0) is 4.79 Å². The number of carbonyl (C=O) groups is 1. The van der Waals surface area contributed by atoms with Gasteiger partial charge in [-0.05, 0) is 18.6 Å². The second-order valence-electron chi connectivity index (χ2n) is 3.53. The Labute approximate surface area is 98.8 Å². The molecule has 0 radical (unpaired) electrons. The fraction of sp³-hybridized carbons (Fsp3) is 0.417. The summed E-state index contributed by atoms with van der Waals surface area (Å²) < 4.78 is 28.5. The van der Waals surface area contributed by atoms with E-state index >= 15 is 0 Å². The molecule has 0 spiro atoms. The van der Waals surface area contributed by atoms with Gasteiger partial charge in [-0.15, -0.1) is 0 Å². The van der Waals surface area contributed by atoms with Crippen molar-refractivity contribution in [2.24, 2.45) is 0 Å². The molecule has 0 atom stereocenters. The van der Waals surface area contributed by atoms with Crippen LogP contribution in [0.4, 0.5) is 14.5 Å². The number of rotatable bonds is 6. The van der Waals surface area contributed by atoms with E-state index in [4.69, 9.17) is 0 Å². The average molecular weight is 243 g/mol. The molecule has 3 nitrogen and oxygen atoms in total. The van der Waals surface area contributed by atoms with E-state index in [0.29, 0.717) is 6.42 Å². The molecular formula is C12H15F2NO2. The summed E-state index contributed by atoms with van der Waals surface area (Å²) in [5.74, 6) is -0.218. The zero-order valence-electron chi connectivity index (χ0n) is 9.58. The summed E-state index contributed by atoms with van der Waals surface area (Å²) in [7, 11) is 0. The highest BCUT2D eigenvalue weighted by Crippen LogP contribution is 2.25. The molecule has 0 aromatic heterocycles. The lowest BCUT2D eigenvalue weighted by Gasteiger charge is -2.11. The lowest BCUT2D eigenvalue weighted by atomic mass is 10.2. The van der Waals surface area contributed by atoms with E-state index in [1.807, 2.05) is 6.92 Å². The number of ether oxygens (including phenoxy) is 1. The second kappa shape index (κ2) is 6.83. The van der Waals surface area contributed by atoms with Crippen molar-refractivity contribution in [2.45, 2.75) is 32.8 Å². The Kier molecular flexibility index (Phi) is 5.39. The van der Waals surface area contributed by atoms with Gasteiger partial charge in [-0.1, -0.05) is 25.5 Å². The highest BCUT2D eigenvalue weighted by molar-refractivity contribution is 5.92. The maximum absolute atomic E-state index is 12.1. The number of unbranched alkanes of at least 4 members (excludes halogenated alkanes) is 1. The van der Waals surface area contributed by atoms with E-state index in [2.05, 4.69) is 10.1 Å². The lowest BCUT2D eigenvalue weighted by molar-refractivity contribution is -0.116. The number of hydrogen-bond donors (Lipinski definition) is 1. The van der Waals surface area contributed by atoms with E-state index in [-0.39, 0.29) is 17.3 Å². The van der Waals surface area contributed by atoms with Gasteiger partial charge in [0.15, 0.2) is 0 Å². The van der Waals surface area contributed by atoms with Gasteiger partial charge in [0.1, 0.15) is 5.75 Å². The first kappa shape index (κ1) is 13.4. The summed E-state index contributed by atoms with van der Waals surface area (Å²) >= 11 is 0. The molecule has 5 heteroatoms. The van der Waals surface area contributed by atoms with Crippen molar-refractivity contribution in [3.8, 4) is 5.75 Å². The second-order valence-corrected chi connectivity index (χ2v) is 3.53. The maximum Gasteiger partial charge on any atom is 0.387 e. The topological polar surface area (TPSA) is 38.3 Å². The van der Waals surface area contributed by atoms with Crippen molar-refractivity contribution < 1.29 is 18.3 Å². The van der Waals surface area contributed by atoms with Crippen LogP contribution in [0, 0.1) is 0 Å². The number of alkyl halides is 2. The fourth-order valence-corrected chi connectivity index (χ4v) is 1.32. The Morgan fingerprint density at radius 1 is 1.41 bits per heavy atom. The summed E-state index contributed by atoms with van der Waals surface area (Å²) in [6, 6.07) is 6.14. The molecule has 0 saturated heterocycles. The molecule has 0 aliphatic heterocycles. The number of anilines is 1. The zero-order chi connectivity index (χ0) is 12.7. The van der Waals surface area contributed by atoms with E-state index in [1.54, 1.807) is 12.1 Å². The monoisotopic (exact) mass is 243 g/mol. The van der Waals surface area contributed by atoms with E-state index in [0.717, 1.165) is 12.8 Å². The smallest absolute Gasteiger partial charge is 0.387 e. The van der Waals surface area contributed by atoms with Gasteiger partial charge >= 0.3 is 6.61 Å². The molecule has 0 bridgehead atoms. The number of para-hydroxylation sites is 2. The third-order valence-electron chi connectivity index (χ3n) is 2.13. The Morgan fingerprint density at radius 3 is 2.76 bits per heavy atom. The molecular weight excluding hydrogens is 228 g/mol. The average Bonchev–Trinajstić information content (AvgIpc) is 2.28. The van der Waals surface area contributed by atoms with Crippen molar-refractivity contribution in [2.75, 3.05) is 5.32 Å². The van der Waals surface area contributed by atoms with Gasteiger partial charge in [0.05, 0.1) is 5.69 Å². The van der Waals surface area contributed by atoms with E-state index in [1.165, 1.54) is 12.1 Å². The van der Waals surface area contributed by atoms with Gasteiger partial charge in [-0.25, -0.2) is 0 Å². The summed E-state index contributed by atoms with van der Waals surface area (Å²) in [4.78, 5) is 11.5. The summed E-state index contributed by atoms with van der Waals surface area (Å²) in [5, 5.41) is 2.55. The van der Waals surface area contributed by atoms with Gasteiger partial charge in [-0.3, -0.25) is 4.79 Å². The molecule has 0 saturated carbocycles. The SMILES string of the molecule is CCCCC(=O)Nc1ccccc1OC(F)F. The van der Waals surface area contributed by atoms with Crippen molar-refractivity contribution >= 4 is 11.6 Å². The number of benzene rings is 1. The molecule has 0 unspecified atom stereocenters. The number of hydrogen-bond acceptors (Lipinski definition) is 2. The number of halogens is 2. The van der Waals surface area contributed by atoms with Gasteiger partial charge in [0, 0.05) is 6.42 Å². The molecule has 0 aliphatic rings. The normalized spacial score (nSPS) is 10.4. The summed E-state index contributed by atoms with van der Waals surface area (Å²) in [5.41, 5.74) is 0.272. The molecule has 0 aliphatic carbocycles. The fourth-order valence-electron chi connectivity index (χ4n) is 1.32. The minimum Gasteiger partial charge on any atom is -0.433 e. The molecule has 1 rings (SSSR count). The van der Waals surface area contributed by atoms with Crippen LogP contribution >= 0.6 is 0 Å². The number of carbonyl (C=O) groups excluding carboxylic acids is 1. The van der Waals surface area contributed by atoms with Crippen LogP contribution in [0.25, 0.3) is 0 Å². The van der Waals surface area contributed by atoms with Crippen LogP contribution < -0.4 is 10.1 Å². The Morgan fingerprint density at radius 2 is 2.12 bits per heavy atom. The number of amides is 1. The standard InChI is InChI=1S/C12H15F2NO2/c1-2-3-8-11(16)15-9-6-4-5-7-10(9)17-12(13)14/h4-7,12H,2-3,8H2,1H3,(H,15,16). The molecule has 1 N–H and O–H groups in total. The highest BCUT2D eigenvalue weighted by Gasteiger charge is 2.10. The minimum atomic E-state index is -2.90. The van der Waals surface area contributed by atoms with Gasteiger partial charge in [-0.2, -0.15) is 8.78 Å². The van der Waals surface area contributed by atoms with Crippen LogP contribution in [-0.4, -0.2) is 12.5 Å². The molecule has 1 aromatic carbocycles. The molecule has 1 aromatic rings. The Balaban J connectivity index is 2.66. The van der Waals surface area contributed by atoms with Crippen LogP contribution in [0.15, 0.2) is 24.3 Å². The molecule has 0 fully saturated rings. The maximum atomic E-state index is 12.1. The predicted octanol–water partition coefficient (Wildman–Crippen LogP) is 3.42. The quantitative estimate of drug-likeness (QED) is 0.831. The minimum absolute atomic E-state index is 0.0210. The first-order chi connectivity index (χ1) is 8.13. The van der Waals surface area contributed by atoms with Crippen molar-refractivity contribution in [1.29, 1.82) is 0 Å². The third-order valence-corrected chi connectivity index (χ3v) is 2.13. The summed E-state index contributed by atoms with van der Waals surface area (Å²) in [6.07, 6.45) is 2.05. The van der Waals surface area contributed by atoms with E-state index in [9.17, 15) is 13.6 Å². The number of nitrogens with one attached hydrogen (secondary N) is 1. The van der Waals surface area contributed by atoms with Crippen LogP contribution in [0.2, 0.25) is 0 Å². The summed E-state index contributed by atoms with van der Waals surface area (Å²) in [6.45, 7) is -0.926. The van der Waals surface area contributed by atoms with Crippen LogP contribution in [0.3, 0.4) is 0 Å². The Bertz CT molecular complexity index is 369. The molecule has 0 heterocycles. The van der Waals surface area contributed by atoms with Crippen LogP contribution in [0.1, 0.15) is 26.2 Å². The van der Waals surface area contributed by atoms with Crippen molar-refractivity contribution in [3.63, 3.8) is 0 Å². The largest absolute Gasteiger partial charge is 0.433 e. The van der Waals surface area contributed by atoms with Crippen molar-refractivity contribution in [1.82, 2.24) is 0 Å². The van der Waals surface area contributed by atoms with E-state index < -0.39 is 6.61 Å². The first-order valence-electron chi connectivity index (χ1n) is 5.47. The third kappa shape index (κ3) is 4.80. The first-order valence-corrected chi connectivity index (χ1v) is 5.47. The van der Waals surface area contributed by atoms with Gasteiger partial charge < -0.3 is 10.1 Å². The zero-order valence-corrected chi connectivity index (χ0v) is 9.58. The van der Waals surface area contributed by atoms with Gasteiger partial charge in [0.2, 0.25) is 5.91 Å². The molecule has 94 valence electrons. The highest BCUT2D eigenvalue weighted by atomic mass is 19.3.